The van der Waals surface area contributed by atoms with Gasteiger partial charge in [-0.2, -0.15) is 8.78 Å². The Kier molecular flexibility index (Phi) is 2.95. The molecule has 0 spiro atoms. The van der Waals surface area contributed by atoms with Crippen LogP contribution >= 0.6 is 0 Å². The lowest BCUT2D eigenvalue weighted by Gasteiger charge is -2.38. The highest BCUT2D eigenvalue weighted by Crippen LogP contribution is 2.37. The number of halogens is 2. The van der Waals surface area contributed by atoms with Crippen molar-refractivity contribution in [1.82, 2.24) is 4.90 Å². The zero-order valence-corrected chi connectivity index (χ0v) is 8.57. The maximum Gasteiger partial charge on any atom is 0.387 e. The van der Waals surface area contributed by atoms with Crippen molar-refractivity contribution in [3.63, 3.8) is 0 Å². The molecule has 0 saturated carbocycles. The maximum atomic E-state index is 12.2. The van der Waals surface area contributed by atoms with Crippen molar-refractivity contribution in [1.29, 1.82) is 0 Å². The third kappa shape index (κ3) is 1.94. The summed E-state index contributed by atoms with van der Waals surface area (Å²) < 4.78 is 28.8. The van der Waals surface area contributed by atoms with Gasteiger partial charge in [0.2, 0.25) is 0 Å². The summed E-state index contributed by atoms with van der Waals surface area (Å²) in [6.45, 7) is -2.01. The van der Waals surface area contributed by atoms with Gasteiger partial charge in [-0.1, -0.05) is 24.6 Å². The molecule has 0 amide bonds. The molecule has 1 aromatic rings. The molecule has 1 heterocycles. The minimum atomic E-state index is -2.81. The molecule has 1 saturated heterocycles. The third-order valence-corrected chi connectivity index (χ3v) is 2.68. The van der Waals surface area contributed by atoms with Crippen LogP contribution < -0.4 is 4.74 Å². The molecular weight excluding hydrogens is 212 g/mol. The largest absolute Gasteiger partial charge is 0.434 e. The zero-order valence-electron chi connectivity index (χ0n) is 8.57. The molecule has 1 aliphatic rings. The summed E-state index contributed by atoms with van der Waals surface area (Å²) >= 11 is 0. The first kappa shape index (κ1) is 10.7. The maximum absolute atomic E-state index is 12.2. The smallest absolute Gasteiger partial charge is 0.387 e. The van der Waals surface area contributed by atoms with Crippen LogP contribution in [0.25, 0.3) is 0 Å². The van der Waals surface area contributed by atoms with Crippen molar-refractivity contribution >= 4 is 0 Å². The van der Waals surface area contributed by atoms with Gasteiger partial charge < -0.3 is 9.64 Å². The monoisotopic (exact) mass is 223 g/mol. The van der Waals surface area contributed by atoms with E-state index in [0.29, 0.717) is 0 Å². The van der Waals surface area contributed by atoms with Gasteiger partial charge in [-0.15, -0.1) is 0 Å². The molecule has 1 fully saturated rings. The number of terminal acetylenes is 1. The third-order valence-electron chi connectivity index (χ3n) is 2.68. The van der Waals surface area contributed by atoms with Crippen molar-refractivity contribution in [2.24, 2.45) is 0 Å². The highest BCUT2D eigenvalue weighted by molar-refractivity contribution is 5.37. The van der Waals surface area contributed by atoms with Crippen LogP contribution in [-0.2, 0) is 0 Å². The minimum absolute atomic E-state index is 0.0000463. The fourth-order valence-corrected chi connectivity index (χ4v) is 1.82. The molecule has 1 aromatic carbocycles. The number of para-hydroxylation sites is 1. The lowest BCUT2D eigenvalue weighted by Crippen LogP contribution is -2.37. The van der Waals surface area contributed by atoms with Crippen LogP contribution in [0.15, 0.2) is 24.3 Å². The van der Waals surface area contributed by atoms with Crippen molar-refractivity contribution in [2.75, 3.05) is 6.54 Å². The first-order valence-electron chi connectivity index (χ1n) is 4.99. The number of nitrogens with zero attached hydrogens (tertiary/aromatic N) is 1. The molecule has 16 heavy (non-hydrogen) atoms. The molecule has 0 radical (unpaired) electrons. The average Bonchev–Trinajstić information content (AvgIpc) is 2.19. The number of likely N-dealkylation sites (tertiary alicyclic amines) is 1. The Balaban J connectivity index is 2.23. The molecule has 2 rings (SSSR count). The average molecular weight is 223 g/mol. The highest BCUT2D eigenvalue weighted by Gasteiger charge is 2.30. The van der Waals surface area contributed by atoms with Crippen LogP contribution in [0.2, 0.25) is 0 Å². The van der Waals surface area contributed by atoms with Gasteiger partial charge in [-0.3, -0.25) is 0 Å². The van der Waals surface area contributed by atoms with Gasteiger partial charge in [0.25, 0.3) is 0 Å². The second kappa shape index (κ2) is 4.40. The van der Waals surface area contributed by atoms with E-state index in [1.807, 2.05) is 0 Å². The lowest BCUT2D eigenvalue weighted by atomic mass is 9.95. The molecule has 1 atom stereocenters. The van der Waals surface area contributed by atoms with Crippen LogP contribution in [0.5, 0.6) is 5.75 Å². The fourth-order valence-electron chi connectivity index (χ4n) is 1.82. The second-order valence-corrected chi connectivity index (χ2v) is 3.54. The van der Waals surface area contributed by atoms with Gasteiger partial charge >= 0.3 is 6.61 Å². The van der Waals surface area contributed by atoms with Gasteiger partial charge in [0.05, 0.1) is 6.04 Å². The molecule has 0 aromatic heterocycles. The molecule has 84 valence electrons. The second-order valence-electron chi connectivity index (χ2n) is 3.54. The standard InChI is InChI=1S/C12H11F2NO/c1-2-15-8-7-10(15)9-5-3-4-6-11(9)16-12(13)14/h1,3-6,10,12H,7-8H2. The van der Waals surface area contributed by atoms with E-state index >= 15 is 0 Å². The van der Waals surface area contributed by atoms with Gasteiger partial charge in [0.15, 0.2) is 0 Å². The van der Waals surface area contributed by atoms with E-state index in [2.05, 4.69) is 10.8 Å². The Hall–Kier alpha value is -1.76. The van der Waals surface area contributed by atoms with Crippen LogP contribution in [0.1, 0.15) is 18.0 Å². The molecule has 0 N–H and O–H groups in total. The number of ether oxygens (including phenoxy) is 1. The summed E-state index contributed by atoms with van der Waals surface area (Å²) in [5.41, 5.74) is 0.729. The van der Waals surface area contributed by atoms with Crippen molar-refractivity contribution in [3.05, 3.63) is 29.8 Å². The van der Waals surface area contributed by atoms with Gasteiger partial charge in [0, 0.05) is 18.2 Å². The van der Waals surface area contributed by atoms with E-state index in [1.54, 1.807) is 23.1 Å². The molecule has 1 unspecified atom stereocenters. The van der Waals surface area contributed by atoms with Crippen LogP contribution in [0.4, 0.5) is 8.78 Å². The molecule has 2 nitrogen and oxygen atoms in total. The quantitative estimate of drug-likeness (QED) is 0.730. The van der Waals surface area contributed by atoms with Crippen molar-refractivity contribution < 1.29 is 13.5 Å². The molecule has 4 heteroatoms. The summed E-state index contributed by atoms with van der Waals surface area (Å²) in [6, 6.07) is 9.29. The van der Waals surface area contributed by atoms with E-state index in [1.165, 1.54) is 6.07 Å². The van der Waals surface area contributed by atoms with Crippen molar-refractivity contribution in [3.8, 4) is 18.2 Å². The van der Waals surface area contributed by atoms with Crippen LogP contribution in [0.3, 0.4) is 0 Å². The molecule has 0 bridgehead atoms. The molecular formula is C12H11F2NO. The highest BCUT2D eigenvalue weighted by atomic mass is 19.3. The summed E-state index contributed by atoms with van der Waals surface area (Å²) in [5.74, 6) is 0.211. The topological polar surface area (TPSA) is 12.5 Å². The van der Waals surface area contributed by atoms with Crippen LogP contribution in [0, 0.1) is 12.5 Å². The first-order valence-corrected chi connectivity index (χ1v) is 4.99. The van der Waals surface area contributed by atoms with Crippen LogP contribution in [-0.4, -0.2) is 18.1 Å². The first-order chi connectivity index (χ1) is 7.72. The van der Waals surface area contributed by atoms with E-state index < -0.39 is 6.61 Å². The van der Waals surface area contributed by atoms with E-state index in [9.17, 15) is 8.78 Å². The molecule has 1 aliphatic heterocycles. The van der Waals surface area contributed by atoms with E-state index in [4.69, 9.17) is 6.42 Å². The molecule has 0 aliphatic carbocycles. The number of rotatable bonds is 3. The SMILES string of the molecule is C#CN1CCC1c1ccccc1OC(F)F. The normalized spacial score (nSPS) is 19.1. The summed E-state index contributed by atoms with van der Waals surface area (Å²) in [7, 11) is 0. The summed E-state index contributed by atoms with van der Waals surface area (Å²) in [5, 5.41) is 0. The number of hydrogen-bond acceptors (Lipinski definition) is 2. The predicted molar refractivity (Wildman–Crippen MR) is 56.0 cm³/mol. The Morgan fingerprint density at radius 2 is 2.19 bits per heavy atom. The van der Waals surface area contributed by atoms with Gasteiger partial charge in [-0.05, 0) is 12.5 Å². The zero-order chi connectivity index (χ0) is 11.5. The summed E-state index contributed by atoms with van der Waals surface area (Å²) in [4.78, 5) is 1.77. The van der Waals surface area contributed by atoms with Gasteiger partial charge in [0.1, 0.15) is 5.75 Å². The predicted octanol–water partition coefficient (Wildman–Crippen LogP) is 2.63. The van der Waals surface area contributed by atoms with Gasteiger partial charge in [-0.25, -0.2) is 0 Å². The summed E-state index contributed by atoms with van der Waals surface area (Å²) in [6.07, 6.45) is 6.17. The van der Waals surface area contributed by atoms with Crippen molar-refractivity contribution in [2.45, 2.75) is 19.1 Å². The Morgan fingerprint density at radius 3 is 2.75 bits per heavy atom. The van der Waals surface area contributed by atoms with E-state index in [-0.39, 0.29) is 11.8 Å². The van der Waals surface area contributed by atoms with E-state index in [0.717, 1.165) is 18.5 Å². The Labute approximate surface area is 92.8 Å². The number of benzene rings is 1. The number of hydrogen-bond donors (Lipinski definition) is 0. The Morgan fingerprint density at radius 1 is 1.44 bits per heavy atom. The lowest BCUT2D eigenvalue weighted by molar-refractivity contribution is -0.0515. The Bertz CT molecular complexity index is 414. The minimum Gasteiger partial charge on any atom is -0.434 e. The number of alkyl halides is 2. The fraction of sp³-hybridized carbons (Fsp3) is 0.333.